The first kappa shape index (κ1) is 14.1. The first-order valence-electron chi connectivity index (χ1n) is 6.26. The Kier molecular flexibility index (Phi) is 4.84. The van der Waals surface area contributed by atoms with Crippen molar-refractivity contribution in [3.8, 4) is 0 Å². The van der Waals surface area contributed by atoms with E-state index in [1.165, 1.54) is 6.42 Å². The molecule has 0 unspecified atom stereocenters. The van der Waals surface area contributed by atoms with Crippen molar-refractivity contribution in [2.75, 3.05) is 11.9 Å². The lowest BCUT2D eigenvalue weighted by Gasteiger charge is -2.37. The normalized spacial score (nSPS) is 15.3. The Balaban J connectivity index is 2.21. The fourth-order valence-corrected chi connectivity index (χ4v) is 3.25. The van der Waals surface area contributed by atoms with E-state index in [2.05, 4.69) is 31.9 Å². The Hall–Kier alpha value is -0.350. The van der Waals surface area contributed by atoms with Gasteiger partial charge in [-0.15, -0.1) is 0 Å². The van der Waals surface area contributed by atoms with Crippen molar-refractivity contribution < 1.29 is 4.79 Å². The second kappa shape index (κ2) is 6.20. The van der Waals surface area contributed by atoms with E-state index in [1.54, 1.807) is 0 Å². The Morgan fingerprint density at radius 1 is 1.39 bits per heavy atom. The van der Waals surface area contributed by atoms with Gasteiger partial charge < -0.3 is 4.90 Å². The lowest BCUT2D eigenvalue weighted by Crippen LogP contribution is -2.45. The van der Waals surface area contributed by atoms with Crippen LogP contribution in [0, 0.1) is 6.92 Å². The van der Waals surface area contributed by atoms with Gasteiger partial charge in [0.25, 0.3) is 5.91 Å². The molecular formula is C14H17Br2NO. The number of hydrogen-bond acceptors (Lipinski definition) is 1. The largest absolute Gasteiger partial charge is 0.335 e. The third-order valence-electron chi connectivity index (χ3n) is 3.39. The number of halogens is 2. The molecule has 0 aromatic heterocycles. The summed E-state index contributed by atoms with van der Waals surface area (Å²) in [7, 11) is 0. The van der Waals surface area contributed by atoms with E-state index in [9.17, 15) is 4.79 Å². The van der Waals surface area contributed by atoms with Gasteiger partial charge in [-0.1, -0.05) is 31.9 Å². The number of hydrogen-bond donors (Lipinski definition) is 0. The maximum absolute atomic E-state index is 12.6. The summed E-state index contributed by atoms with van der Waals surface area (Å²) in [5.74, 6) is 0.156. The van der Waals surface area contributed by atoms with Gasteiger partial charge in [0.15, 0.2) is 0 Å². The third-order valence-corrected chi connectivity index (χ3v) is 4.20. The van der Waals surface area contributed by atoms with Gasteiger partial charge in [-0.2, -0.15) is 0 Å². The van der Waals surface area contributed by atoms with Crippen LogP contribution >= 0.6 is 31.9 Å². The molecule has 1 fully saturated rings. The lowest BCUT2D eigenvalue weighted by atomic mass is 9.91. The predicted molar refractivity (Wildman–Crippen MR) is 81.3 cm³/mol. The molecule has 1 saturated carbocycles. The van der Waals surface area contributed by atoms with Crippen molar-refractivity contribution in [3.05, 3.63) is 33.8 Å². The summed E-state index contributed by atoms with van der Waals surface area (Å²) in [6.07, 6.45) is 3.53. The van der Waals surface area contributed by atoms with Crippen molar-refractivity contribution in [2.45, 2.75) is 32.2 Å². The van der Waals surface area contributed by atoms with Crippen LogP contribution < -0.4 is 0 Å². The van der Waals surface area contributed by atoms with E-state index in [0.717, 1.165) is 40.3 Å². The van der Waals surface area contributed by atoms with Crippen molar-refractivity contribution in [2.24, 2.45) is 0 Å². The number of carbonyl (C=O) groups excluding carboxylic acids is 1. The Morgan fingerprint density at radius 2 is 2.11 bits per heavy atom. The van der Waals surface area contributed by atoms with Gasteiger partial charge in [0, 0.05) is 28.0 Å². The van der Waals surface area contributed by atoms with Crippen LogP contribution in [0.2, 0.25) is 0 Å². The molecule has 0 radical (unpaired) electrons. The Bertz CT molecular complexity index is 423. The molecule has 1 aliphatic rings. The minimum atomic E-state index is 0.156. The SMILES string of the molecule is Cc1cc(Br)cc(C(=O)N(CCBr)C2CCC2)c1. The van der Waals surface area contributed by atoms with Crippen LogP contribution in [0.1, 0.15) is 35.2 Å². The number of carbonyl (C=O) groups is 1. The lowest BCUT2D eigenvalue weighted by molar-refractivity contribution is 0.0599. The molecule has 1 amide bonds. The Labute approximate surface area is 125 Å². The highest BCUT2D eigenvalue weighted by Crippen LogP contribution is 2.27. The molecule has 0 saturated heterocycles. The fourth-order valence-electron chi connectivity index (χ4n) is 2.26. The number of alkyl halides is 1. The van der Waals surface area contributed by atoms with Crippen molar-refractivity contribution in [1.82, 2.24) is 4.90 Å². The topological polar surface area (TPSA) is 20.3 Å². The van der Waals surface area contributed by atoms with E-state index in [-0.39, 0.29) is 5.91 Å². The maximum Gasteiger partial charge on any atom is 0.254 e. The van der Waals surface area contributed by atoms with Crippen LogP contribution in [0.25, 0.3) is 0 Å². The zero-order valence-electron chi connectivity index (χ0n) is 10.5. The smallest absolute Gasteiger partial charge is 0.254 e. The van der Waals surface area contributed by atoms with Gasteiger partial charge in [-0.3, -0.25) is 4.79 Å². The van der Waals surface area contributed by atoms with Crippen molar-refractivity contribution >= 4 is 37.8 Å². The summed E-state index contributed by atoms with van der Waals surface area (Å²) in [5.41, 5.74) is 1.90. The first-order chi connectivity index (χ1) is 8.61. The first-order valence-corrected chi connectivity index (χ1v) is 8.17. The predicted octanol–water partition coefficient (Wildman–Crippen LogP) is 4.15. The molecule has 4 heteroatoms. The molecule has 0 aliphatic heterocycles. The summed E-state index contributed by atoms with van der Waals surface area (Å²) in [6, 6.07) is 6.34. The van der Waals surface area contributed by atoms with Crippen molar-refractivity contribution in [1.29, 1.82) is 0 Å². The fraction of sp³-hybridized carbons (Fsp3) is 0.500. The summed E-state index contributed by atoms with van der Waals surface area (Å²) in [5, 5.41) is 0.836. The zero-order valence-corrected chi connectivity index (χ0v) is 13.6. The molecule has 0 bridgehead atoms. The van der Waals surface area contributed by atoms with E-state index < -0.39 is 0 Å². The van der Waals surface area contributed by atoms with E-state index >= 15 is 0 Å². The van der Waals surface area contributed by atoms with Gasteiger partial charge in [0.1, 0.15) is 0 Å². The number of rotatable bonds is 4. The van der Waals surface area contributed by atoms with Gasteiger partial charge >= 0.3 is 0 Å². The van der Waals surface area contributed by atoms with Crippen LogP contribution in [-0.2, 0) is 0 Å². The molecular weight excluding hydrogens is 358 g/mol. The zero-order chi connectivity index (χ0) is 13.1. The molecule has 0 spiro atoms. The molecule has 1 aromatic carbocycles. The van der Waals surface area contributed by atoms with Gasteiger partial charge in [0.05, 0.1) is 0 Å². The number of aryl methyl sites for hydroxylation is 1. The minimum Gasteiger partial charge on any atom is -0.335 e. The average molecular weight is 375 g/mol. The minimum absolute atomic E-state index is 0.156. The van der Waals surface area contributed by atoms with E-state index in [4.69, 9.17) is 0 Å². The molecule has 1 aromatic rings. The van der Waals surface area contributed by atoms with Gasteiger partial charge in [-0.05, 0) is 49.9 Å². The van der Waals surface area contributed by atoms with Gasteiger partial charge in [-0.25, -0.2) is 0 Å². The van der Waals surface area contributed by atoms with Gasteiger partial charge in [0.2, 0.25) is 0 Å². The molecule has 0 N–H and O–H groups in total. The highest BCUT2D eigenvalue weighted by Gasteiger charge is 2.28. The van der Waals surface area contributed by atoms with E-state index in [1.807, 2.05) is 30.0 Å². The molecule has 0 heterocycles. The quantitative estimate of drug-likeness (QED) is 0.725. The molecule has 2 nitrogen and oxygen atoms in total. The average Bonchev–Trinajstić information content (AvgIpc) is 2.23. The van der Waals surface area contributed by atoms with Crippen molar-refractivity contribution in [3.63, 3.8) is 0 Å². The third kappa shape index (κ3) is 3.15. The van der Waals surface area contributed by atoms with Crippen LogP contribution in [0.15, 0.2) is 22.7 Å². The summed E-state index contributed by atoms with van der Waals surface area (Å²) < 4.78 is 0.971. The Morgan fingerprint density at radius 3 is 2.61 bits per heavy atom. The highest BCUT2D eigenvalue weighted by atomic mass is 79.9. The summed E-state index contributed by atoms with van der Waals surface area (Å²) in [6.45, 7) is 2.80. The number of nitrogens with zero attached hydrogens (tertiary/aromatic N) is 1. The second-order valence-corrected chi connectivity index (χ2v) is 6.50. The number of benzene rings is 1. The summed E-state index contributed by atoms with van der Waals surface area (Å²) in [4.78, 5) is 14.6. The van der Waals surface area contributed by atoms with E-state index in [0.29, 0.717) is 6.04 Å². The summed E-state index contributed by atoms with van der Waals surface area (Å²) >= 11 is 6.90. The standard InChI is InChI=1S/C14H17Br2NO/c1-10-7-11(9-12(16)8-10)14(18)17(6-5-15)13-3-2-4-13/h7-9,13H,2-6H2,1H3. The molecule has 1 aliphatic carbocycles. The monoisotopic (exact) mass is 373 g/mol. The van der Waals surface area contributed by atoms with Crippen LogP contribution in [0.4, 0.5) is 0 Å². The van der Waals surface area contributed by atoms with Crippen LogP contribution in [0.5, 0.6) is 0 Å². The molecule has 18 heavy (non-hydrogen) atoms. The molecule has 2 rings (SSSR count). The number of amides is 1. The van der Waals surface area contributed by atoms with Crippen LogP contribution in [0.3, 0.4) is 0 Å². The molecule has 0 atom stereocenters. The van der Waals surface area contributed by atoms with Crippen LogP contribution in [-0.4, -0.2) is 28.7 Å². The highest BCUT2D eigenvalue weighted by molar-refractivity contribution is 9.10. The maximum atomic E-state index is 12.6. The second-order valence-electron chi connectivity index (χ2n) is 4.79. The molecule has 98 valence electrons.